The van der Waals surface area contributed by atoms with E-state index in [2.05, 4.69) is 31.2 Å². The van der Waals surface area contributed by atoms with Gasteiger partial charge in [-0.05, 0) is 0 Å². The molecule has 38 valence electrons. The molecule has 0 atom stereocenters. The van der Waals surface area contributed by atoms with Gasteiger partial charge in [0.2, 0.25) is 0 Å². The van der Waals surface area contributed by atoms with Crippen molar-refractivity contribution in [1.82, 2.24) is 0 Å². The summed E-state index contributed by atoms with van der Waals surface area (Å²) in [4.78, 5) is 0. The molecule has 0 fully saturated rings. The predicted molar refractivity (Wildman–Crippen MR) is 36.6 cm³/mol. The van der Waals surface area contributed by atoms with Crippen molar-refractivity contribution in [2.75, 3.05) is 0 Å². The normalized spacial score (nSPS) is 9.12. The number of benzene rings is 1. The Kier molecular flexibility index (Phi) is 1.81. The Hall–Kier alpha value is -0.144. The monoisotopic (exact) mass is 160 g/mol. The van der Waals surface area contributed by atoms with Gasteiger partial charge in [-0.25, -0.2) is 0 Å². The van der Waals surface area contributed by atoms with Crippen molar-refractivity contribution in [3.8, 4) is 0 Å². The van der Waals surface area contributed by atoms with Gasteiger partial charge in [0.25, 0.3) is 0 Å². The minimum atomic E-state index is 1.40. The Bertz CT molecular complexity index is 160. The maximum atomic E-state index is 2.15. The van der Waals surface area contributed by atoms with Gasteiger partial charge in [-0.1, -0.05) is 0 Å². The second-order valence-electron chi connectivity index (χ2n) is 1.86. The number of rotatable bonds is 0. The molecule has 0 heterocycles. The molecule has 0 spiro atoms. The van der Waals surface area contributed by atoms with Crippen molar-refractivity contribution in [2.24, 2.45) is 0 Å². The van der Waals surface area contributed by atoms with E-state index in [-0.39, 0.29) is 0 Å². The van der Waals surface area contributed by atoms with Crippen LogP contribution < -0.4 is 4.12 Å². The summed E-state index contributed by atoms with van der Waals surface area (Å²) in [5.41, 5.74) is 1.40. The second kappa shape index (κ2) is 2.42. The summed E-state index contributed by atoms with van der Waals surface area (Å²) in [5.74, 6) is 0. The molecule has 0 aliphatic rings. The molecule has 0 unspecified atom stereocenters. The molecule has 0 aliphatic carbocycles. The third-order valence-electron chi connectivity index (χ3n) is 1.19. The molecular formula is C7H7Ga. The van der Waals surface area contributed by atoms with Crippen LogP contribution in [0.3, 0.4) is 0 Å². The molecule has 1 rings (SSSR count). The average molecular weight is 161 g/mol. The number of hydrogen-bond donors (Lipinski definition) is 0. The number of hydrogen-bond acceptors (Lipinski definition) is 0. The Balaban J connectivity index is 3.13. The van der Waals surface area contributed by atoms with E-state index < -0.39 is 0 Å². The van der Waals surface area contributed by atoms with Crippen LogP contribution in [-0.4, -0.2) is 18.6 Å². The van der Waals surface area contributed by atoms with Gasteiger partial charge in [0.05, 0.1) is 0 Å². The zero-order valence-corrected chi connectivity index (χ0v) is 7.31. The molecule has 0 nitrogen and oxygen atoms in total. The van der Waals surface area contributed by atoms with Crippen LogP contribution in [0.5, 0.6) is 0 Å². The van der Waals surface area contributed by atoms with E-state index in [1.54, 1.807) is 18.6 Å². The molecule has 0 saturated carbocycles. The summed E-state index contributed by atoms with van der Waals surface area (Å²) in [5, 5.41) is 0. The predicted octanol–water partition coefficient (Wildman–Crippen LogP) is 0.789. The van der Waals surface area contributed by atoms with Crippen molar-refractivity contribution in [2.45, 2.75) is 6.92 Å². The zero-order chi connectivity index (χ0) is 5.98. The summed E-state index contributed by atoms with van der Waals surface area (Å²) in [6.45, 7) is 2.14. The Morgan fingerprint density at radius 2 is 1.88 bits per heavy atom. The van der Waals surface area contributed by atoms with E-state index in [4.69, 9.17) is 0 Å². The molecule has 8 heavy (non-hydrogen) atoms. The molecule has 1 heteroatoms. The third-order valence-corrected chi connectivity index (χ3v) is 2.55. The molecule has 1 aromatic carbocycles. The Morgan fingerprint density at radius 1 is 1.25 bits per heavy atom. The van der Waals surface area contributed by atoms with E-state index in [0.29, 0.717) is 0 Å². The Labute approximate surface area is 59.8 Å². The van der Waals surface area contributed by atoms with E-state index in [0.717, 1.165) is 0 Å². The quantitative estimate of drug-likeness (QED) is 0.493. The summed E-state index contributed by atoms with van der Waals surface area (Å²) in [7, 11) is 0. The minimum absolute atomic E-state index is 1.40. The first-order valence-electron chi connectivity index (χ1n) is 2.62. The van der Waals surface area contributed by atoms with Crippen molar-refractivity contribution in [1.29, 1.82) is 0 Å². The van der Waals surface area contributed by atoms with Gasteiger partial charge in [-0.3, -0.25) is 0 Å². The zero-order valence-electron chi connectivity index (χ0n) is 4.89. The fraction of sp³-hybridized carbons (Fsp3) is 0.143. The maximum absolute atomic E-state index is 2.15. The van der Waals surface area contributed by atoms with Crippen LogP contribution >= 0.6 is 0 Å². The van der Waals surface area contributed by atoms with Gasteiger partial charge in [-0.2, -0.15) is 0 Å². The second-order valence-corrected chi connectivity index (χ2v) is 3.16. The first kappa shape index (κ1) is 5.98. The molecule has 0 amide bonds. The first-order valence-corrected chi connectivity index (χ1v) is 3.83. The van der Waals surface area contributed by atoms with Gasteiger partial charge in [0.15, 0.2) is 0 Å². The number of aryl methyl sites for hydroxylation is 1. The van der Waals surface area contributed by atoms with Crippen molar-refractivity contribution < 1.29 is 0 Å². The molecular weight excluding hydrogens is 154 g/mol. The van der Waals surface area contributed by atoms with Gasteiger partial charge in [0.1, 0.15) is 0 Å². The molecule has 0 saturated heterocycles. The molecule has 0 aliphatic heterocycles. The van der Waals surface area contributed by atoms with Gasteiger partial charge >= 0.3 is 59.5 Å². The van der Waals surface area contributed by atoms with E-state index >= 15 is 0 Å². The summed E-state index contributed by atoms with van der Waals surface area (Å²) in [6, 6.07) is 8.43. The van der Waals surface area contributed by atoms with Crippen LogP contribution in [0.2, 0.25) is 0 Å². The van der Waals surface area contributed by atoms with Gasteiger partial charge in [-0.15, -0.1) is 0 Å². The molecule has 0 N–H and O–H groups in total. The molecule has 2 radical (unpaired) electrons. The SMILES string of the molecule is Cc1cccc[c]1[Ga]. The molecule has 1 aromatic rings. The molecule has 0 bridgehead atoms. The van der Waals surface area contributed by atoms with Crippen molar-refractivity contribution >= 4 is 22.7 Å². The van der Waals surface area contributed by atoms with E-state index in [1.165, 1.54) is 9.68 Å². The van der Waals surface area contributed by atoms with E-state index in [9.17, 15) is 0 Å². The van der Waals surface area contributed by atoms with Crippen LogP contribution in [-0.2, 0) is 0 Å². The van der Waals surface area contributed by atoms with Crippen LogP contribution in [0.1, 0.15) is 5.56 Å². The van der Waals surface area contributed by atoms with E-state index in [1.807, 2.05) is 0 Å². The fourth-order valence-corrected chi connectivity index (χ4v) is 1.02. The Morgan fingerprint density at radius 3 is 2.25 bits per heavy atom. The van der Waals surface area contributed by atoms with Crippen LogP contribution in [0.4, 0.5) is 0 Å². The molecule has 0 aromatic heterocycles. The van der Waals surface area contributed by atoms with Gasteiger partial charge in [0, 0.05) is 0 Å². The summed E-state index contributed by atoms with van der Waals surface area (Å²) >= 11 is 1.70. The van der Waals surface area contributed by atoms with Crippen molar-refractivity contribution in [3.05, 3.63) is 29.8 Å². The van der Waals surface area contributed by atoms with Crippen LogP contribution in [0.15, 0.2) is 24.3 Å². The van der Waals surface area contributed by atoms with Crippen LogP contribution in [0, 0.1) is 6.92 Å². The van der Waals surface area contributed by atoms with Crippen molar-refractivity contribution in [3.63, 3.8) is 0 Å². The standard InChI is InChI=1S/C7H7.Ga/c1-7-5-3-2-4-6-7;/h2-5H,1H3;. The third kappa shape index (κ3) is 1.17. The first-order chi connectivity index (χ1) is 3.80. The van der Waals surface area contributed by atoms with Gasteiger partial charge < -0.3 is 0 Å². The fourth-order valence-electron chi connectivity index (χ4n) is 0.587. The average Bonchev–Trinajstić information content (AvgIpc) is 1.77. The topological polar surface area (TPSA) is 0 Å². The van der Waals surface area contributed by atoms with Crippen LogP contribution in [0.25, 0.3) is 0 Å². The summed E-state index contributed by atoms with van der Waals surface area (Å²) in [6.07, 6.45) is 0. The summed E-state index contributed by atoms with van der Waals surface area (Å²) < 4.78 is 1.43.